The zero-order valence-electron chi connectivity index (χ0n) is 10.9. The van der Waals surface area contributed by atoms with Gasteiger partial charge in [-0.2, -0.15) is 0 Å². The number of carbonyl (C=O) groups is 2. The smallest absolute Gasteiger partial charge is 0.337 e. The summed E-state index contributed by atoms with van der Waals surface area (Å²) in [6.07, 6.45) is 3.68. The second-order valence-corrected chi connectivity index (χ2v) is 4.32. The molecule has 2 aromatic rings. The van der Waals surface area contributed by atoms with Gasteiger partial charge in [-0.25, -0.2) is 4.79 Å². The predicted molar refractivity (Wildman–Crippen MR) is 71.3 cm³/mol. The minimum Gasteiger partial charge on any atom is -0.465 e. The number of rotatable bonds is 4. The predicted octanol–water partition coefficient (Wildman–Crippen LogP) is 2.53. The van der Waals surface area contributed by atoms with Crippen LogP contribution in [0.25, 0.3) is 0 Å². The fourth-order valence-corrected chi connectivity index (χ4v) is 1.82. The molecule has 0 radical (unpaired) electrons. The molecule has 0 saturated heterocycles. The molecule has 0 saturated carbocycles. The molecule has 4 heteroatoms. The van der Waals surface area contributed by atoms with E-state index >= 15 is 0 Å². The highest BCUT2D eigenvalue weighted by atomic mass is 16.5. The highest BCUT2D eigenvalue weighted by Gasteiger charge is 2.05. The van der Waals surface area contributed by atoms with E-state index in [9.17, 15) is 9.59 Å². The number of hydrogen-bond donors (Lipinski definition) is 0. The van der Waals surface area contributed by atoms with Gasteiger partial charge in [-0.15, -0.1) is 0 Å². The lowest BCUT2D eigenvalue weighted by atomic mass is 10.1. The number of hydrogen-bond acceptors (Lipinski definition) is 3. The summed E-state index contributed by atoms with van der Waals surface area (Å²) in [5.74, 6) is -0.286. The standard InChI is InChI=1S/C15H15NO3/c1-11(17)14-7-8-16(10-14)9-12-3-5-13(6-4-12)15(18)19-2/h3-8,10H,9H2,1-2H3. The Labute approximate surface area is 111 Å². The van der Waals surface area contributed by atoms with Crippen LogP contribution in [0.5, 0.6) is 0 Å². The topological polar surface area (TPSA) is 48.3 Å². The molecule has 0 unspecified atom stereocenters. The van der Waals surface area contributed by atoms with E-state index in [2.05, 4.69) is 4.74 Å². The zero-order valence-corrected chi connectivity index (χ0v) is 10.9. The molecule has 0 aliphatic heterocycles. The summed E-state index contributed by atoms with van der Waals surface area (Å²) in [6.45, 7) is 2.21. The van der Waals surface area contributed by atoms with Gasteiger partial charge in [-0.3, -0.25) is 4.79 Å². The Morgan fingerprint density at radius 2 is 1.79 bits per heavy atom. The lowest BCUT2D eigenvalue weighted by molar-refractivity contribution is 0.0600. The zero-order chi connectivity index (χ0) is 13.8. The van der Waals surface area contributed by atoms with Crippen LogP contribution < -0.4 is 0 Å². The first-order valence-electron chi connectivity index (χ1n) is 5.94. The summed E-state index contributed by atoms with van der Waals surface area (Å²) in [7, 11) is 1.36. The SMILES string of the molecule is COC(=O)c1ccc(Cn2ccc(C(C)=O)c2)cc1. The van der Waals surface area contributed by atoms with Gasteiger partial charge in [0.05, 0.1) is 12.7 Å². The minimum atomic E-state index is -0.341. The molecule has 0 aliphatic carbocycles. The van der Waals surface area contributed by atoms with Gasteiger partial charge in [-0.1, -0.05) is 12.1 Å². The number of ether oxygens (including phenoxy) is 1. The Morgan fingerprint density at radius 3 is 2.32 bits per heavy atom. The molecule has 1 aromatic heterocycles. The van der Waals surface area contributed by atoms with Crippen molar-refractivity contribution in [3.63, 3.8) is 0 Å². The van der Waals surface area contributed by atoms with Crippen LogP contribution in [0.4, 0.5) is 0 Å². The maximum absolute atomic E-state index is 11.3. The van der Waals surface area contributed by atoms with Crippen molar-refractivity contribution in [1.29, 1.82) is 0 Å². The number of aromatic nitrogens is 1. The molecule has 0 aliphatic rings. The third-order valence-corrected chi connectivity index (χ3v) is 2.90. The van der Waals surface area contributed by atoms with Crippen LogP contribution in [0.15, 0.2) is 42.7 Å². The Hall–Kier alpha value is -2.36. The number of methoxy groups -OCH3 is 1. The Kier molecular flexibility index (Phi) is 3.80. The van der Waals surface area contributed by atoms with E-state index in [1.54, 1.807) is 25.1 Å². The van der Waals surface area contributed by atoms with Crippen molar-refractivity contribution in [3.8, 4) is 0 Å². The average molecular weight is 257 g/mol. The van der Waals surface area contributed by atoms with Crippen molar-refractivity contribution >= 4 is 11.8 Å². The second kappa shape index (κ2) is 5.52. The van der Waals surface area contributed by atoms with Gasteiger partial charge in [0.15, 0.2) is 5.78 Å². The number of esters is 1. The highest BCUT2D eigenvalue weighted by Crippen LogP contribution is 2.09. The number of benzene rings is 1. The van der Waals surface area contributed by atoms with Crippen molar-refractivity contribution in [2.75, 3.05) is 7.11 Å². The Balaban J connectivity index is 2.10. The maximum Gasteiger partial charge on any atom is 0.337 e. The molecule has 2 rings (SSSR count). The van der Waals surface area contributed by atoms with Crippen molar-refractivity contribution in [2.45, 2.75) is 13.5 Å². The van der Waals surface area contributed by atoms with E-state index in [0.29, 0.717) is 17.7 Å². The van der Waals surface area contributed by atoms with Gasteiger partial charge in [0.1, 0.15) is 0 Å². The number of ketones is 1. The van der Waals surface area contributed by atoms with Crippen LogP contribution in [0.3, 0.4) is 0 Å². The summed E-state index contributed by atoms with van der Waals surface area (Å²) in [4.78, 5) is 22.5. The molecular formula is C15H15NO3. The largest absolute Gasteiger partial charge is 0.465 e. The minimum absolute atomic E-state index is 0.0554. The summed E-state index contributed by atoms with van der Waals surface area (Å²) >= 11 is 0. The molecule has 0 bridgehead atoms. The molecule has 0 N–H and O–H groups in total. The summed E-state index contributed by atoms with van der Waals surface area (Å²) in [6, 6.07) is 9.01. The summed E-state index contributed by atoms with van der Waals surface area (Å²) in [5, 5.41) is 0. The van der Waals surface area contributed by atoms with Gasteiger partial charge in [0.25, 0.3) is 0 Å². The molecule has 19 heavy (non-hydrogen) atoms. The highest BCUT2D eigenvalue weighted by molar-refractivity contribution is 5.93. The lowest BCUT2D eigenvalue weighted by Gasteiger charge is -2.04. The van der Waals surface area contributed by atoms with E-state index in [0.717, 1.165) is 5.56 Å². The van der Waals surface area contributed by atoms with Crippen molar-refractivity contribution in [2.24, 2.45) is 0 Å². The maximum atomic E-state index is 11.3. The van der Waals surface area contributed by atoms with E-state index in [-0.39, 0.29) is 11.8 Å². The van der Waals surface area contributed by atoms with Crippen molar-refractivity contribution in [3.05, 3.63) is 59.4 Å². The molecule has 0 fully saturated rings. The van der Waals surface area contributed by atoms with Crippen LogP contribution in [0, 0.1) is 0 Å². The third-order valence-electron chi connectivity index (χ3n) is 2.90. The number of nitrogens with zero attached hydrogens (tertiary/aromatic N) is 1. The second-order valence-electron chi connectivity index (χ2n) is 4.32. The van der Waals surface area contributed by atoms with Crippen LogP contribution in [0.1, 0.15) is 33.2 Å². The summed E-state index contributed by atoms with van der Waals surface area (Å²) < 4.78 is 6.58. The monoisotopic (exact) mass is 257 g/mol. The van der Waals surface area contributed by atoms with Crippen LogP contribution in [0.2, 0.25) is 0 Å². The normalized spacial score (nSPS) is 10.2. The molecular weight excluding hydrogens is 242 g/mol. The van der Waals surface area contributed by atoms with E-state index in [1.165, 1.54) is 7.11 Å². The molecule has 0 atom stereocenters. The number of Topliss-reactive ketones (excluding diaryl/α,β-unsaturated/α-hetero) is 1. The van der Waals surface area contributed by atoms with Crippen molar-refractivity contribution < 1.29 is 14.3 Å². The van der Waals surface area contributed by atoms with Gasteiger partial charge in [-0.05, 0) is 30.7 Å². The van der Waals surface area contributed by atoms with Crippen molar-refractivity contribution in [1.82, 2.24) is 4.57 Å². The van der Waals surface area contributed by atoms with Gasteiger partial charge in [0, 0.05) is 24.5 Å². The fraction of sp³-hybridized carbons (Fsp3) is 0.200. The summed E-state index contributed by atoms with van der Waals surface area (Å²) in [5.41, 5.74) is 2.28. The van der Waals surface area contributed by atoms with Gasteiger partial charge >= 0.3 is 5.97 Å². The molecule has 98 valence electrons. The molecule has 4 nitrogen and oxygen atoms in total. The van der Waals surface area contributed by atoms with E-state index < -0.39 is 0 Å². The molecule has 1 heterocycles. The average Bonchev–Trinajstić information content (AvgIpc) is 2.87. The lowest BCUT2D eigenvalue weighted by Crippen LogP contribution is -2.02. The third kappa shape index (κ3) is 3.10. The first kappa shape index (κ1) is 13.1. The quantitative estimate of drug-likeness (QED) is 0.624. The number of carbonyl (C=O) groups excluding carboxylic acids is 2. The Bertz CT molecular complexity index is 596. The van der Waals surface area contributed by atoms with E-state index in [1.807, 2.05) is 29.1 Å². The molecule has 0 amide bonds. The van der Waals surface area contributed by atoms with Gasteiger partial charge < -0.3 is 9.30 Å². The first-order chi connectivity index (χ1) is 9.10. The molecule has 0 spiro atoms. The Morgan fingerprint density at radius 1 is 1.11 bits per heavy atom. The van der Waals surface area contributed by atoms with Crippen LogP contribution >= 0.6 is 0 Å². The van der Waals surface area contributed by atoms with Crippen LogP contribution in [-0.4, -0.2) is 23.4 Å². The first-order valence-corrected chi connectivity index (χ1v) is 5.94. The molecule has 1 aromatic carbocycles. The van der Waals surface area contributed by atoms with E-state index in [4.69, 9.17) is 0 Å². The van der Waals surface area contributed by atoms with Crippen LogP contribution in [-0.2, 0) is 11.3 Å². The van der Waals surface area contributed by atoms with Gasteiger partial charge in [0.2, 0.25) is 0 Å². The fourth-order valence-electron chi connectivity index (χ4n) is 1.82.